The van der Waals surface area contributed by atoms with Gasteiger partial charge in [0.1, 0.15) is 12.6 Å². The second-order valence-corrected chi connectivity index (χ2v) is 6.24. The number of carbonyl (C=O) groups excluding carboxylic acids is 4. The Kier molecular flexibility index (Phi) is 28.8. The van der Waals surface area contributed by atoms with Crippen LogP contribution in [0.15, 0.2) is 50.6 Å². The van der Waals surface area contributed by atoms with Crippen LogP contribution in [0.25, 0.3) is 0 Å². The van der Waals surface area contributed by atoms with Crippen molar-refractivity contribution >= 4 is 24.4 Å². The molecule has 0 radical (unpaired) electrons. The first-order chi connectivity index (χ1) is 14.9. The van der Waals surface area contributed by atoms with Gasteiger partial charge in [-0.3, -0.25) is 19.2 Å². The molecule has 176 valence electrons. The van der Waals surface area contributed by atoms with Crippen LogP contribution in [0, 0.1) is 0 Å². The third-order valence-electron chi connectivity index (χ3n) is 3.70. The van der Waals surface area contributed by atoms with E-state index in [1.54, 1.807) is 4.90 Å². The first kappa shape index (κ1) is 32.8. The van der Waals surface area contributed by atoms with Crippen LogP contribution < -0.4 is 10.6 Å². The van der Waals surface area contributed by atoms with Crippen molar-refractivity contribution in [3.05, 3.63) is 50.6 Å². The zero-order chi connectivity index (χ0) is 24.3. The predicted octanol–water partition coefficient (Wildman–Crippen LogP) is 1.37. The first-order valence-corrected chi connectivity index (χ1v) is 10.1. The summed E-state index contributed by atoms with van der Waals surface area (Å²) < 4.78 is 0. The number of nitrogens with one attached hydrogen (secondary N) is 2. The molecule has 2 amide bonds. The summed E-state index contributed by atoms with van der Waals surface area (Å²) in [6.45, 7) is 18.1. The molecule has 0 aromatic heterocycles. The summed E-state index contributed by atoms with van der Waals surface area (Å²) in [5, 5.41) is 5.85. The van der Waals surface area contributed by atoms with Crippen LogP contribution in [-0.2, 0) is 19.2 Å². The fourth-order valence-electron chi connectivity index (χ4n) is 2.18. The second-order valence-electron chi connectivity index (χ2n) is 6.24. The summed E-state index contributed by atoms with van der Waals surface area (Å²) in [6, 6.07) is 0. The van der Waals surface area contributed by atoms with E-state index in [0.717, 1.165) is 38.9 Å². The van der Waals surface area contributed by atoms with Gasteiger partial charge in [0, 0.05) is 19.6 Å². The van der Waals surface area contributed by atoms with Gasteiger partial charge < -0.3 is 20.4 Å². The van der Waals surface area contributed by atoms with Crippen molar-refractivity contribution in [3.8, 4) is 0 Å². The van der Waals surface area contributed by atoms with E-state index in [1.165, 1.54) is 24.3 Å². The summed E-state index contributed by atoms with van der Waals surface area (Å²) in [6.07, 6.45) is 9.02. The van der Waals surface area contributed by atoms with E-state index in [1.807, 2.05) is 7.05 Å². The molecule has 0 spiro atoms. The molecule has 0 rings (SSSR count). The molecule has 0 atom stereocenters. The molecular weight excluding hydrogens is 396 g/mol. The van der Waals surface area contributed by atoms with Crippen molar-refractivity contribution in [2.45, 2.75) is 19.3 Å². The Bertz CT molecular complexity index is 512. The minimum absolute atomic E-state index is 0.0575. The van der Waals surface area contributed by atoms with Gasteiger partial charge in [0.05, 0.1) is 0 Å². The molecule has 0 saturated carbocycles. The van der Waals surface area contributed by atoms with E-state index in [0.29, 0.717) is 32.2 Å². The maximum absolute atomic E-state index is 11.9. The average molecular weight is 437 g/mol. The maximum atomic E-state index is 11.9. The van der Waals surface area contributed by atoms with Crippen LogP contribution in [0.3, 0.4) is 0 Å². The minimum Gasteiger partial charge on any atom is -0.353 e. The predicted molar refractivity (Wildman–Crippen MR) is 128 cm³/mol. The fraction of sp³-hybridized carbons (Fsp3) is 0.478. The quantitative estimate of drug-likeness (QED) is 0.215. The molecule has 0 aromatic rings. The Hall–Kier alpha value is -2.84. The normalized spacial score (nSPS) is 9.00. The van der Waals surface area contributed by atoms with Gasteiger partial charge in [0.25, 0.3) is 0 Å². The molecule has 0 saturated heterocycles. The van der Waals surface area contributed by atoms with Crippen molar-refractivity contribution < 1.29 is 19.2 Å². The molecular formula is C23H40N4O4. The number of rotatable bonds is 16. The molecule has 0 aliphatic carbocycles. The zero-order valence-electron chi connectivity index (χ0n) is 19.2. The summed E-state index contributed by atoms with van der Waals surface area (Å²) in [5.41, 5.74) is 0. The van der Waals surface area contributed by atoms with E-state index >= 15 is 0 Å². The monoisotopic (exact) mass is 436 g/mol. The number of allylic oxidation sites excluding steroid dienone is 2. The smallest absolute Gasteiger partial charge is 0.245 e. The molecule has 31 heavy (non-hydrogen) atoms. The Morgan fingerprint density at radius 1 is 0.806 bits per heavy atom. The number of nitrogens with zero attached hydrogens (tertiary/aromatic N) is 2. The lowest BCUT2D eigenvalue weighted by Crippen LogP contribution is -2.35. The van der Waals surface area contributed by atoms with Crippen LogP contribution >= 0.6 is 0 Å². The Balaban J connectivity index is -0.000000832. The van der Waals surface area contributed by atoms with Gasteiger partial charge in [0.2, 0.25) is 11.8 Å². The van der Waals surface area contributed by atoms with Gasteiger partial charge >= 0.3 is 0 Å². The molecule has 8 nitrogen and oxygen atoms in total. The van der Waals surface area contributed by atoms with Crippen molar-refractivity contribution in [2.24, 2.45) is 0 Å². The lowest BCUT2D eigenvalue weighted by atomic mass is 10.3. The standard InChI is InChI=1S/C17H32N4O2.2C3H4O/c1-5-16(22)19-11-8-14-21(17(23)6-2)15-9-13-20(4)12-7-10-18-3;2*1-2-3-4/h5-6,18H,1-2,7-15H2,3-4H3,(H,19,22);2*2-3H,1H2. The Morgan fingerprint density at radius 3 is 1.74 bits per heavy atom. The lowest BCUT2D eigenvalue weighted by Gasteiger charge is -2.23. The second kappa shape index (κ2) is 27.2. The third kappa shape index (κ3) is 27.2. The summed E-state index contributed by atoms with van der Waals surface area (Å²) in [7, 11) is 4.05. The highest BCUT2D eigenvalue weighted by atomic mass is 16.2. The van der Waals surface area contributed by atoms with Gasteiger partial charge in [-0.25, -0.2) is 0 Å². The first-order valence-electron chi connectivity index (χ1n) is 10.1. The molecule has 0 bridgehead atoms. The van der Waals surface area contributed by atoms with Gasteiger partial charge in [-0.1, -0.05) is 26.3 Å². The van der Waals surface area contributed by atoms with E-state index in [9.17, 15) is 9.59 Å². The van der Waals surface area contributed by atoms with Crippen molar-refractivity contribution in [3.63, 3.8) is 0 Å². The van der Waals surface area contributed by atoms with Crippen molar-refractivity contribution in [1.82, 2.24) is 20.4 Å². The van der Waals surface area contributed by atoms with Crippen molar-refractivity contribution in [2.75, 3.05) is 53.4 Å². The highest BCUT2D eigenvalue weighted by Gasteiger charge is 2.10. The van der Waals surface area contributed by atoms with Gasteiger partial charge in [-0.15, -0.1) is 0 Å². The average Bonchev–Trinajstić information content (AvgIpc) is 2.80. The number of amides is 2. The van der Waals surface area contributed by atoms with Crippen LogP contribution in [-0.4, -0.2) is 87.6 Å². The van der Waals surface area contributed by atoms with Crippen LogP contribution in [0.2, 0.25) is 0 Å². The van der Waals surface area contributed by atoms with Crippen LogP contribution in [0.1, 0.15) is 19.3 Å². The summed E-state index contributed by atoms with van der Waals surface area (Å²) >= 11 is 0. The molecule has 0 aliphatic rings. The number of hydrogen-bond acceptors (Lipinski definition) is 6. The molecule has 0 unspecified atom stereocenters. The Morgan fingerprint density at radius 2 is 1.29 bits per heavy atom. The van der Waals surface area contributed by atoms with Crippen molar-refractivity contribution in [1.29, 1.82) is 0 Å². The largest absolute Gasteiger partial charge is 0.353 e. The van der Waals surface area contributed by atoms with Gasteiger partial charge in [-0.05, 0) is 77.3 Å². The number of aldehydes is 2. The molecule has 8 heteroatoms. The third-order valence-corrected chi connectivity index (χ3v) is 3.70. The molecule has 0 fully saturated rings. The zero-order valence-corrected chi connectivity index (χ0v) is 19.2. The van der Waals surface area contributed by atoms with Gasteiger partial charge in [-0.2, -0.15) is 0 Å². The summed E-state index contributed by atoms with van der Waals surface area (Å²) in [4.78, 5) is 45.1. The molecule has 0 aliphatic heterocycles. The fourth-order valence-corrected chi connectivity index (χ4v) is 2.18. The van der Waals surface area contributed by atoms with Crippen LogP contribution in [0.4, 0.5) is 0 Å². The van der Waals surface area contributed by atoms with E-state index in [-0.39, 0.29) is 11.8 Å². The number of carbonyl (C=O) groups is 4. The SMILES string of the molecule is C=CC(=O)NCCCN(CCCN(C)CCCNC)C(=O)C=C.C=CC=O.C=CC=O. The lowest BCUT2D eigenvalue weighted by molar-refractivity contribution is -0.126. The number of hydrogen-bond donors (Lipinski definition) is 2. The van der Waals surface area contributed by atoms with Gasteiger partial charge in [0.15, 0.2) is 0 Å². The minimum atomic E-state index is -0.185. The molecule has 0 heterocycles. The maximum Gasteiger partial charge on any atom is 0.245 e. The Labute approximate surface area is 187 Å². The van der Waals surface area contributed by atoms with E-state index < -0.39 is 0 Å². The van der Waals surface area contributed by atoms with E-state index in [2.05, 4.69) is 48.9 Å². The molecule has 0 aromatic carbocycles. The topological polar surface area (TPSA) is 98.8 Å². The molecule has 2 N–H and O–H groups in total. The highest BCUT2D eigenvalue weighted by Crippen LogP contribution is 1.98. The highest BCUT2D eigenvalue weighted by molar-refractivity contribution is 5.87. The van der Waals surface area contributed by atoms with Crippen LogP contribution in [0.5, 0.6) is 0 Å². The summed E-state index contributed by atoms with van der Waals surface area (Å²) in [5.74, 6) is -0.243. The van der Waals surface area contributed by atoms with E-state index in [4.69, 9.17) is 9.59 Å².